The van der Waals surface area contributed by atoms with Gasteiger partial charge < -0.3 is 10.6 Å². The van der Waals surface area contributed by atoms with Crippen LogP contribution in [0.4, 0.5) is 20.4 Å². The summed E-state index contributed by atoms with van der Waals surface area (Å²) in [5.41, 5.74) is 2.94. The van der Waals surface area contributed by atoms with Gasteiger partial charge in [-0.3, -0.25) is 4.79 Å². The van der Waals surface area contributed by atoms with E-state index in [4.69, 9.17) is 0 Å². The Hall–Kier alpha value is -3.66. The molecular weight excluding hydrogens is 440 g/mol. The first kappa shape index (κ1) is 22.1. The molecule has 10 heteroatoms. The lowest BCUT2D eigenvalue weighted by Crippen LogP contribution is -2.25. The lowest BCUT2D eigenvalue weighted by atomic mass is 10.0. The summed E-state index contributed by atoms with van der Waals surface area (Å²) in [4.78, 5) is 26.2. The second-order valence-corrected chi connectivity index (χ2v) is 8.79. The van der Waals surface area contributed by atoms with E-state index in [9.17, 15) is 13.6 Å². The van der Waals surface area contributed by atoms with Crippen molar-refractivity contribution in [3.63, 3.8) is 0 Å². The number of fused-ring (bicyclic) bond motifs is 2. The zero-order valence-corrected chi connectivity index (χ0v) is 19.1. The summed E-state index contributed by atoms with van der Waals surface area (Å²) >= 11 is 0. The summed E-state index contributed by atoms with van der Waals surface area (Å²) in [6, 6.07) is 10.2. The fraction of sp³-hybridized carbons (Fsp3) is 0.333. The van der Waals surface area contributed by atoms with Crippen LogP contribution in [0.25, 0.3) is 16.9 Å². The van der Waals surface area contributed by atoms with Gasteiger partial charge in [-0.25, -0.2) is 19.3 Å². The molecule has 0 aliphatic carbocycles. The summed E-state index contributed by atoms with van der Waals surface area (Å²) in [5, 5.41) is 6.84. The summed E-state index contributed by atoms with van der Waals surface area (Å²) in [6.07, 6.45) is 2.44. The fourth-order valence-electron chi connectivity index (χ4n) is 4.22. The lowest BCUT2D eigenvalue weighted by Gasteiger charge is -2.18. The van der Waals surface area contributed by atoms with Crippen molar-refractivity contribution in [2.24, 2.45) is 0 Å². The molecule has 34 heavy (non-hydrogen) atoms. The van der Waals surface area contributed by atoms with E-state index >= 15 is 0 Å². The molecule has 0 atom stereocenters. The maximum absolute atomic E-state index is 14.0. The number of rotatable bonds is 5. The molecule has 0 saturated heterocycles. The second-order valence-electron chi connectivity index (χ2n) is 8.79. The van der Waals surface area contributed by atoms with Crippen molar-refractivity contribution in [3.05, 3.63) is 69.8 Å². The molecule has 0 spiro atoms. The zero-order chi connectivity index (χ0) is 24.0. The quantitative estimate of drug-likeness (QED) is 0.462. The SMILES string of the molecule is CC(C)n1c(=O)c2cnc(Nc3ccc4c(c3)CNCC4)nc2n1-c1cccc(C(C)(F)F)n1. The molecule has 3 aromatic heterocycles. The third-order valence-corrected chi connectivity index (χ3v) is 5.86. The number of aromatic nitrogens is 5. The molecule has 5 rings (SSSR count). The summed E-state index contributed by atoms with van der Waals surface area (Å²) in [7, 11) is 0. The van der Waals surface area contributed by atoms with E-state index < -0.39 is 5.92 Å². The Kier molecular flexibility index (Phi) is 5.40. The maximum atomic E-state index is 14.0. The molecule has 176 valence electrons. The van der Waals surface area contributed by atoms with Crippen molar-refractivity contribution >= 4 is 22.7 Å². The summed E-state index contributed by atoms with van der Waals surface area (Å²) < 4.78 is 30.9. The van der Waals surface area contributed by atoms with Crippen LogP contribution in [-0.4, -0.2) is 30.9 Å². The number of nitrogens with one attached hydrogen (secondary N) is 2. The van der Waals surface area contributed by atoms with Gasteiger partial charge in [0.15, 0.2) is 11.5 Å². The van der Waals surface area contributed by atoms with E-state index in [0.29, 0.717) is 11.6 Å². The average molecular weight is 466 g/mol. The topological polar surface area (TPSA) is 89.7 Å². The smallest absolute Gasteiger partial charge is 0.287 e. The highest BCUT2D eigenvalue weighted by Gasteiger charge is 2.27. The van der Waals surface area contributed by atoms with Gasteiger partial charge in [-0.1, -0.05) is 12.1 Å². The predicted molar refractivity (Wildman–Crippen MR) is 126 cm³/mol. The Labute approximate surface area is 194 Å². The maximum Gasteiger partial charge on any atom is 0.287 e. The molecule has 0 bridgehead atoms. The molecule has 4 heterocycles. The second kappa shape index (κ2) is 8.28. The van der Waals surface area contributed by atoms with Gasteiger partial charge in [-0.05, 0) is 62.2 Å². The molecule has 0 radical (unpaired) electrons. The van der Waals surface area contributed by atoms with Crippen molar-refractivity contribution in [1.82, 2.24) is 29.6 Å². The van der Waals surface area contributed by atoms with Crippen molar-refractivity contribution in [2.45, 2.75) is 45.7 Å². The Bertz CT molecular complexity index is 1440. The molecule has 8 nitrogen and oxygen atoms in total. The number of anilines is 2. The molecular formula is C24H25F2N7O. The molecule has 0 saturated carbocycles. The van der Waals surface area contributed by atoms with Crippen molar-refractivity contribution < 1.29 is 8.78 Å². The zero-order valence-electron chi connectivity index (χ0n) is 19.1. The van der Waals surface area contributed by atoms with Crippen LogP contribution in [0.3, 0.4) is 0 Å². The van der Waals surface area contributed by atoms with E-state index in [1.165, 1.54) is 38.8 Å². The van der Waals surface area contributed by atoms with Crippen molar-refractivity contribution in [3.8, 4) is 5.82 Å². The lowest BCUT2D eigenvalue weighted by molar-refractivity contribution is 0.0127. The molecule has 0 amide bonds. The number of nitrogens with zero attached hydrogens (tertiary/aromatic N) is 5. The third-order valence-electron chi connectivity index (χ3n) is 5.86. The van der Waals surface area contributed by atoms with Crippen LogP contribution in [0.5, 0.6) is 0 Å². The number of hydrogen-bond acceptors (Lipinski definition) is 6. The third kappa shape index (κ3) is 3.94. The first-order valence-corrected chi connectivity index (χ1v) is 11.2. The van der Waals surface area contributed by atoms with Crippen LogP contribution < -0.4 is 16.2 Å². The number of halogens is 2. The van der Waals surface area contributed by atoms with E-state index in [-0.39, 0.29) is 28.5 Å². The highest BCUT2D eigenvalue weighted by Crippen LogP contribution is 2.27. The number of hydrogen-bond donors (Lipinski definition) is 2. The van der Waals surface area contributed by atoms with Gasteiger partial charge >= 0.3 is 0 Å². The van der Waals surface area contributed by atoms with Crippen LogP contribution >= 0.6 is 0 Å². The normalized spacial score (nSPS) is 13.9. The van der Waals surface area contributed by atoms with Crippen molar-refractivity contribution in [1.29, 1.82) is 0 Å². The molecule has 2 N–H and O–H groups in total. The average Bonchev–Trinajstić information content (AvgIpc) is 3.10. The van der Waals surface area contributed by atoms with Gasteiger partial charge in [0.05, 0.1) is 0 Å². The molecule has 4 aromatic rings. The monoisotopic (exact) mass is 465 g/mol. The predicted octanol–water partition coefficient (Wildman–Crippen LogP) is 4.06. The standard InChI is InChI=1S/C24H25F2N7O/c1-14(2)32-22(34)18-13-28-23(29-17-8-7-15-9-10-27-12-16(15)11-17)31-21(18)33(32)20-6-4-5-19(30-20)24(3,25)26/h4-8,11,13-14,27H,9-10,12H2,1-3H3,(H,28,29,31). The van der Waals surface area contributed by atoms with E-state index in [1.807, 2.05) is 19.9 Å². The van der Waals surface area contributed by atoms with E-state index in [1.54, 1.807) is 6.07 Å². The minimum absolute atomic E-state index is 0.185. The largest absolute Gasteiger partial charge is 0.324 e. The van der Waals surface area contributed by atoms with Gasteiger partial charge in [0.2, 0.25) is 5.95 Å². The van der Waals surface area contributed by atoms with Gasteiger partial charge in [-0.2, -0.15) is 13.8 Å². The highest BCUT2D eigenvalue weighted by atomic mass is 19.3. The van der Waals surface area contributed by atoms with Gasteiger partial charge in [0.1, 0.15) is 11.1 Å². The molecule has 1 aromatic carbocycles. The highest BCUT2D eigenvalue weighted by molar-refractivity contribution is 5.77. The van der Waals surface area contributed by atoms with Crippen LogP contribution in [0, 0.1) is 0 Å². The van der Waals surface area contributed by atoms with E-state index in [2.05, 4.69) is 37.7 Å². The molecule has 1 aliphatic rings. The summed E-state index contributed by atoms with van der Waals surface area (Å²) in [6.45, 7) is 6.22. The van der Waals surface area contributed by atoms with Crippen molar-refractivity contribution in [2.75, 3.05) is 11.9 Å². The van der Waals surface area contributed by atoms with Gasteiger partial charge in [0, 0.05) is 31.4 Å². The summed E-state index contributed by atoms with van der Waals surface area (Å²) in [5.74, 6) is -2.64. The first-order chi connectivity index (χ1) is 16.2. The molecule has 0 unspecified atom stereocenters. The minimum Gasteiger partial charge on any atom is -0.324 e. The van der Waals surface area contributed by atoms with Crippen LogP contribution in [0.15, 0.2) is 47.4 Å². The molecule has 0 fully saturated rings. The number of alkyl halides is 2. The number of pyridine rings is 1. The van der Waals surface area contributed by atoms with Crippen LogP contribution in [-0.2, 0) is 18.9 Å². The Morgan fingerprint density at radius 3 is 2.74 bits per heavy atom. The molecule has 1 aliphatic heterocycles. The van der Waals surface area contributed by atoms with Crippen LogP contribution in [0.1, 0.15) is 43.6 Å². The Morgan fingerprint density at radius 2 is 1.97 bits per heavy atom. The van der Waals surface area contributed by atoms with E-state index in [0.717, 1.165) is 32.1 Å². The van der Waals surface area contributed by atoms with Gasteiger partial charge in [0.25, 0.3) is 11.5 Å². The Morgan fingerprint density at radius 1 is 1.15 bits per heavy atom. The Balaban J connectivity index is 1.63. The van der Waals surface area contributed by atoms with Crippen LogP contribution in [0.2, 0.25) is 0 Å². The fourth-order valence-corrected chi connectivity index (χ4v) is 4.22. The first-order valence-electron chi connectivity index (χ1n) is 11.2. The van der Waals surface area contributed by atoms with Gasteiger partial charge in [-0.15, -0.1) is 0 Å². The minimum atomic E-state index is -3.12. The number of benzene rings is 1.